The van der Waals surface area contributed by atoms with E-state index in [2.05, 4.69) is 202 Å². The summed E-state index contributed by atoms with van der Waals surface area (Å²) in [5, 5.41) is 2.15. The smallest absolute Gasteiger partial charge is 0.178 e. The number of hydrogen-bond acceptors (Lipinski definition) is 0. The average molecular weight is 1010 g/mol. The lowest BCUT2D eigenvalue weighted by Crippen LogP contribution is -3.00. The zero-order valence-electron chi connectivity index (χ0n) is 33.6. The van der Waals surface area contributed by atoms with E-state index in [9.17, 15) is 0 Å². The molecule has 0 unspecified atom stereocenters. The highest BCUT2D eigenvalue weighted by Crippen LogP contribution is 2.23. The van der Waals surface area contributed by atoms with Crippen LogP contribution in [-0.2, 0) is 38.8 Å². The summed E-state index contributed by atoms with van der Waals surface area (Å²) < 4.78 is 4.70. The lowest BCUT2D eigenvalue weighted by atomic mass is 10.00. The summed E-state index contributed by atoms with van der Waals surface area (Å²) in [7, 11) is 0. The van der Waals surface area contributed by atoms with Crippen molar-refractivity contribution in [1.29, 1.82) is 0 Å². The maximum absolute atomic E-state index is 3.48. The molecule has 2 aromatic heterocycles. The minimum Gasteiger partial charge on any atom is -1.00 e. The molecule has 2 heterocycles. The van der Waals surface area contributed by atoms with Gasteiger partial charge in [0.25, 0.3) is 0 Å². The van der Waals surface area contributed by atoms with Crippen LogP contribution in [0.5, 0.6) is 0 Å². The van der Waals surface area contributed by atoms with E-state index >= 15 is 0 Å². The molecular weight excluding hydrogens is 948 g/mol. The van der Waals surface area contributed by atoms with Crippen molar-refractivity contribution in [2.75, 3.05) is 10.7 Å². The van der Waals surface area contributed by atoms with Crippen LogP contribution in [0.4, 0.5) is 0 Å². The third-order valence-electron chi connectivity index (χ3n) is 10.2. The number of benzene rings is 4. The van der Waals surface area contributed by atoms with Crippen LogP contribution >= 0.6 is 31.9 Å². The summed E-state index contributed by atoms with van der Waals surface area (Å²) in [6, 6.07) is 45.0. The molecule has 0 fully saturated rings. The summed E-state index contributed by atoms with van der Waals surface area (Å²) in [5.74, 6) is 0. The third kappa shape index (κ3) is 15.5. The Morgan fingerprint density at radius 2 is 0.643 bits per heavy atom. The third-order valence-corrected chi connectivity index (χ3v) is 11.3. The van der Waals surface area contributed by atoms with Crippen molar-refractivity contribution < 1.29 is 43.1 Å². The van der Waals surface area contributed by atoms with Gasteiger partial charge in [-0.15, -0.1) is 0 Å². The molecule has 0 aliphatic rings. The SMILES string of the molecule is BrCCCc1ccc(-c2ccc(CCCBr)cc2)cc1.Cc1cc[n+](CCCc2ccc(-c3ccc(CCC[n+]4ccc(C)cc4C)cc3)cc2)c(C)c1.[Br-].[Br-]. The van der Waals surface area contributed by atoms with Gasteiger partial charge < -0.3 is 34.0 Å². The summed E-state index contributed by atoms with van der Waals surface area (Å²) in [6.45, 7) is 10.8. The Balaban J connectivity index is 0.000000328. The monoisotopic (exact) mass is 1000 g/mol. The quantitative estimate of drug-likeness (QED) is 0.0780. The van der Waals surface area contributed by atoms with Crippen LogP contribution in [0.2, 0.25) is 0 Å². The van der Waals surface area contributed by atoms with Gasteiger partial charge in [0.1, 0.15) is 13.1 Å². The number of rotatable bonds is 16. The Labute approximate surface area is 375 Å². The predicted octanol–water partition coefficient (Wildman–Crippen LogP) is 6.44. The van der Waals surface area contributed by atoms with Gasteiger partial charge in [-0.3, -0.25) is 0 Å². The Bertz CT molecular complexity index is 1860. The summed E-state index contributed by atoms with van der Waals surface area (Å²) in [6.07, 6.45) is 13.6. The summed E-state index contributed by atoms with van der Waals surface area (Å²) in [4.78, 5) is 0. The molecule has 2 nitrogen and oxygen atoms in total. The molecule has 6 heteroatoms. The second kappa shape index (κ2) is 25.5. The normalized spacial score (nSPS) is 10.5. The molecule has 6 aromatic rings. The zero-order valence-corrected chi connectivity index (χ0v) is 39.9. The molecular formula is C50H58Br4N2. The number of nitrogens with zero attached hydrogens (tertiary/aromatic N) is 2. The van der Waals surface area contributed by atoms with Crippen LogP contribution in [0.3, 0.4) is 0 Å². The van der Waals surface area contributed by atoms with E-state index < -0.39 is 0 Å². The van der Waals surface area contributed by atoms with Crippen LogP contribution in [0, 0.1) is 27.7 Å². The predicted molar refractivity (Wildman–Crippen MR) is 237 cm³/mol. The number of pyridine rings is 2. The zero-order chi connectivity index (χ0) is 38.1. The molecule has 6 rings (SSSR count). The minimum atomic E-state index is 0. The first-order valence-electron chi connectivity index (χ1n) is 19.7. The van der Waals surface area contributed by atoms with Gasteiger partial charge in [-0.1, -0.05) is 129 Å². The van der Waals surface area contributed by atoms with Crippen molar-refractivity contribution in [3.8, 4) is 22.3 Å². The molecule has 0 bridgehead atoms. The van der Waals surface area contributed by atoms with Crippen LogP contribution in [0.25, 0.3) is 22.3 Å². The Kier molecular flexibility index (Phi) is 21.6. The van der Waals surface area contributed by atoms with Crippen LogP contribution in [-0.4, -0.2) is 10.7 Å². The van der Waals surface area contributed by atoms with Gasteiger partial charge in [0, 0.05) is 61.6 Å². The highest BCUT2D eigenvalue weighted by molar-refractivity contribution is 9.09. The Morgan fingerprint density at radius 1 is 0.375 bits per heavy atom. The van der Waals surface area contributed by atoms with E-state index in [-0.39, 0.29) is 34.0 Å². The molecule has 0 atom stereocenters. The molecule has 0 aliphatic heterocycles. The highest BCUT2D eigenvalue weighted by Gasteiger charge is 2.08. The second-order valence-electron chi connectivity index (χ2n) is 14.7. The summed E-state index contributed by atoms with van der Waals surface area (Å²) in [5.41, 5.74) is 16.2. The van der Waals surface area contributed by atoms with Crippen molar-refractivity contribution >= 4 is 31.9 Å². The highest BCUT2D eigenvalue weighted by atomic mass is 79.9. The van der Waals surface area contributed by atoms with Gasteiger partial charge in [-0.05, 0) is 108 Å². The van der Waals surface area contributed by atoms with Crippen molar-refractivity contribution in [3.05, 3.63) is 178 Å². The fourth-order valence-corrected chi connectivity index (χ4v) is 7.54. The van der Waals surface area contributed by atoms with E-state index in [1.54, 1.807) is 0 Å². The molecule has 0 spiro atoms. The minimum absolute atomic E-state index is 0. The van der Waals surface area contributed by atoms with Gasteiger partial charge in [-0.25, -0.2) is 9.13 Å². The number of alkyl halides is 2. The molecule has 0 aliphatic carbocycles. The molecule has 0 amide bonds. The second-order valence-corrected chi connectivity index (χ2v) is 16.2. The number of aromatic nitrogens is 2. The fourth-order valence-electron chi connectivity index (χ4n) is 6.98. The van der Waals surface area contributed by atoms with Gasteiger partial charge in [0.15, 0.2) is 23.8 Å². The van der Waals surface area contributed by atoms with Crippen molar-refractivity contribution in [2.45, 2.75) is 92.2 Å². The molecule has 0 N–H and O–H groups in total. The maximum Gasteiger partial charge on any atom is 0.178 e. The molecule has 0 saturated heterocycles. The summed E-state index contributed by atoms with van der Waals surface area (Å²) >= 11 is 6.96. The van der Waals surface area contributed by atoms with Crippen molar-refractivity contribution in [2.24, 2.45) is 0 Å². The first kappa shape index (κ1) is 47.5. The molecule has 296 valence electrons. The van der Waals surface area contributed by atoms with Crippen molar-refractivity contribution in [1.82, 2.24) is 0 Å². The average Bonchev–Trinajstić information content (AvgIpc) is 3.19. The van der Waals surface area contributed by atoms with Gasteiger partial charge in [0.05, 0.1) is 0 Å². The van der Waals surface area contributed by atoms with Gasteiger partial charge in [0.2, 0.25) is 0 Å². The van der Waals surface area contributed by atoms with Gasteiger partial charge >= 0.3 is 0 Å². The van der Waals surface area contributed by atoms with E-state index in [1.807, 2.05) is 0 Å². The molecule has 0 radical (unpaired) electrons. The lowest BCUT2D eigenvalue weighted by Gasteiger charge is -2.07. The first-order valence-corrected chi connectivity index (χ1v) is 22.0. The van der Waals surface area contributed by atoms with Crippen LogP contribution in [0.1, 0.15) is 70.5 Å². The number of hydrogen-bond donors (Lipinski definition) is 0. The number of aryl methyl sites for hydroxylation is 10. The maximum atomic E-state index is 3.48. The standard InChI is InChI=1S/C32H38N2.C18H20Br2.2BrH/c1-25-17-21-33(27(3)23-25)19-5-7-29-9-13-31(14-10-29)32-15-11-30(12-16-32)8-6-20-34-22-18-26(2)24-28(34)4;19-13-1-3-15-5-9-17(10-6-15)18-11-7-16(8-12-18)4-2-14-20;;/h9-18,21-24H,5-8,19-20H2,1-4H3;5-12H,1-4,13-14H2;2*1H/q+2;;;/p-2. The van der Waals surface area contributed by atoms with Crippen LogP contribution in [0.15, 0.2) is 134 Å². The van der Waals surface area contributed by atoms with Crippen LogP contribution < -0.4 is 43.1 Å². The van der Waals surface area contributed by atoms with E-state index in [1.165, 1.54) is 79.9 Å². The van der Waals surface area contributed by atoms with Gasteiger partial charge in [-0.2, -0.15) is 0 Å². The Hall–Kier alpha value is -2.90. The first-order chi connectivity index (χ1) is 26.3. The van der Waals surface area contributed by atoms with Crippen molar-refractivity contribution in [3.63, 3.8) is 0 Å². The molecule has 4 aromatic carbocycles. The topological polar surface area (TPSA) is 7.76 Å². The lowest BCUT2D eigenvalue weighted by molar-refractivity contribution is -0.703. The van der Waals surface area contributed by atoms with E-state index in [0.717, 1.165) is 62.3 Å². The largest absolute Gasteiger partial charge is 1.00 e. The molecule has 56 heavy (non-hydrogen) atoms. The fraction of sp³-hybridized carbons (Fsp3) is 0.320. The Morgan fingerprint density at radius 3 is 0.893 bits per heavy atom. The molecule has 0 saturated carbocycles. The van der Waals surface area contributed by atoms with E-state index in [4.69, 9.17) is 0 Å². The van der Waals surface area contributed by atoms with E-state index in [0.29, 0.717) is 0 Å². The number of halogens is 4.